The fourth-order valence-electron chi connectivity index (χ4n) is 3.62. The van der Waals surface area contributed by atoms with Gasteiger partial charge in [0.25, 0.3) is 0 Å². The van der Waals surface area contributed by atoms with Crippen LogP contribution in [0.4, 0.5) is 0 Å². The molecule has 0 aromatic rings. The molecule has 0 unspecified atom stereocenters. The molecular weight excluding hydrogens is 194 g/mol. The minimum atomic E-state index is 0.508. The monoisotopic (exact) mass is 223 g/mol. The van der Waals surface area contributed by atoms with E-state index in [2.05, 4.69) is 32.6 Å². The van der Waals surface area contributed by atoms with Crippen LogP contribution in [0.25, 0.3) is 0 Å². The zero-order valence-corrected chi connectivity index (χ0v) is 11.7. The van der Waals surface area contributed by atoms with Crippen LogP contribution in [0.1, 0.15) is 59.8 Å². The first-order chi connectivity index (χ1) is 7.43. The summed E-state index contributed by atoms with van der Waals surface area (Å²) in [6.45, 7) is 14.0. The second-order valence-electron chi connectivity index (χ2n) is 7.20. The van der Waals surface area contributed by atoms with E-state index in [-0.39, 0.29) is 0 Å². The molecule has 1 aliphatic carbocycles. The van der Waals surface area contributed by atoms with E-state index in [1.807, 2.05) is 0 Å². The molecular formula is C15H29N. The molecule has 1 nitrogen and oxygen atoms in total. The van der Waals surface area contributed by atoms with E-state index in [1.54, 1.807) is 0 Å². The Bertz CT molecular complexity index is 236. The smallest absolute Gasteiger partial charge is 0.00150 e. The third-order valence-electron chi connectivity index (χ3n) is 5.80. The summed E-state index contributed by atoms with van der Waals surface area (Å²) in [6, 6.07) is 0. The average Bonchev–Trinajstić information content (AvgIpc) is 2.66. The largest absolute Gasteiger partial charge is 0.303 e. The zero-order chi connectivity index (χ0) is 11.8. The second kappa shape index (κ2) is 4.33. The van der Waals surface area contributed by atoms with Crippen molar-refractivity contribution in [1.82, 2.24) is 4.90 Å². The molecule has 2 rings (SSSR count). The molecule has 16 heavy (non-hydrogen) atoms. The molecule has 0 spiro atoms. The Morgan fingerprint density at radius 3 is 2.25 bits per heavy atom. The lowest BCUT2D eigenvalue weighted by molar-refractivity contribution is -0.0222. The average molecular weight is 223 g/mol. The SMILES string of the molecule is CC1(C)CCC[C@@H](CN2CCCC2)C1(C)C. The molecule has 2 fully saturated rings. The molecule has 1 heterocycles. The highest BCUT2D eigenvalue weighted by Gasteiger charge is 2.45. The molecule has 1 saturated heterocycles. The Labute approximate surface area is 102 Å². The topological polar surface area (TPSA) is 3.24 Å². The van der Waals surface area contributed by atoms with Crippen LogP contribution in [0.5, 0.6) is 0 Å². The van der Waals surface area contributed by atoms with Crippen LogP contribution in [0.3, 0.4) is 0 Å². The van der Waals surface area contributed by atoms with Crippen LogP contribution in [0.2, 0.25) is 0 Å². The van der Waals surface area contributed by atoms with Gasteiger partial charge >= 0.3 is 0 Å². The van der Waals surface area contributed by atoms with Crippen molar-refractivity contribution in [3.63, 3.8) is 0 Å². The summed E-state index contributed by atoms with van der Waals surface area (Å²) < 4.78 is 0. The van der Waals surface area contributed by atoms with Crippen molar-refractivity contribution in [1.29, 1.82) is 0 Å². The third-order valence-corrected chi connectivity index (χ3v) is 5.80. The molecule has 0 bridgehead atoms. The molecule has 0 aromatic heterocycles. The van der Waals surface area contributed by atoms with E-state index in [4.69, 9.17) is 0 Å². The maximum atomic E-state index is 2.70. The number of rotatable bonds is 2. The van der Waals surface area contributed by atoms with Crippen LogP contribution in [0, 0.1) is 16.7 Å². The third kappa shape index (κ3) is 2.16. The van der Waals surface area contributed by atoms with Crippen LogP contribution in [-0.4, -0.2) is 24.5 Å². The predicted molar refractivity (Wildman–Crippen MR) is 70.6 cm³/mol. The van der Waals surface area contributed by atoms with E-state index < -0.39 is 0 Å². The molecule has 1 heteroatoms. The molecule has 0 radical (unpaired) electrons. The number of hydrogen-bond donors (Lipinski definition) is 0. The van der Waals surface area contributed by atoms with Crippen molar-refractivity contribution >= 4 is 0 Å². The maximum Gasteiger partial charge on any atom is 0.00150 e. The minimum absolute atomic E-state index is 0.508. The van der Waals surface area contributed by atoms with Gasteiger partial charge in [-0.2, -0.15) is 0 Å². The van der Waals surface area contributed by atoms with Crippen LogP contribution in [0.15, 0.2) is 0 Å². The lowest BCUT2D eigenvalue weighted by Crippen LogP contribution is -2.46. The Morgan fingerprint density at radius 2 is 1.62 bits per heavy atom. The van der Waals surface area contributed by atoms with Crippen molar-refractivity contribution in [3.8, 4) is 0 Å². The summed E-state index contributed by atoms with van der Waals surface area (Å²) in [4.78, 5) is 2.70. The van der Waals surface area contributed by atoms with Gasteiger partial charge in [0, 0.05) is 6.54 Å². The number of hydrogen-bond acceptors (Lipinski definition) is 1. The fourth-order valence-corrected chi connectivity index (χ4v) is 3.62. The zero-order valence-electron chi connectivity index (χ0n) is 11.7. The summed E-state index contributed by atoms with van der Waals surface area (Å²) in [5.74, 6) is 0.911. The van der Waals surface area contributed by atoms with Crippen molar-refractivity contribution in [2.24, 2.45) is 16.7 Å². The second-order valence-corrected chi connectivity index (χ2v) is 7.20. The highest BCUT2D eigenvalue weighted by molar-refractivity contribution is 4.96. The van der Waals surface area contributed by atoms with Crippen molar-refractivity contribution < 1.29 is 0 Å². The van der Waals surface area contributed by atoms with Gasteiger partial charge in [0.2, 0.25) is 0 Å². The molecule has 2 aliphatic rings. The van der Waals surface area contributed by atoms with Gasteiger partial charge < -0.3 is 4.90 Å². The molecule has 0 amide bonds. The summed E-state index contributed by atoms with van der Waals surface area (Å²) in [5.41, 5.74) is 1.03. The van der Waals surface area contributed by atoms with Gasteiger partial charge in [0.15, 0.2) is 0 Å². The molecule has 1 aliphatic heterocycles. The normalized spacial score (nSPS) is 34.1. The van der Waals surface area contributed by atoms with E-state index in [1.165, 1.54) is 51.7 Å². The summed E-state index contributed by atoms with van der Waals surface area (Å²) in [7, 11) is 0. The van der Waals surface area contributed by atoms with E-state index in [0.29, 0.717) is 10.8 Å². The summed E-state index contributed by atoms with van der Waals surface area (Å²) in [6.07, 6.45) is 7.16. The first-order valence-electron chi connectivity index (χ1n) is 7.16. The predicted octanol–water partition coefficient (Wildman–Crippen LogP) is 3.93. The lowest BCUT2D eigenvalue weighted by Gasteiger charge is -2.52. The summed E-state index contributed by atoms with van der Waals surface area (Å²) >= 11 is 0. The maximum absolute atomic E-state index is 2.70. The van der Waals surface area contributed by atoms with Crippen molar-refractivity contribution in [2.75, 3.05) is 19.6 Å². The van der Waals surface area contributed by atoms with Crippen LogP contribution >= 0.6 is 0 Å². The van der Waals surface area contributed by atoms with E-state index in [0.717, 1.165) is 5.92 Å². The lowest BCUT2D eigenvalue weighted by atomic mass is 9.55. The number of likely N-dealkylation sites (tertiary alicyclic amines) is 1. The Hall–Kier alpha value is -0.0400. The fraction of sp³-hybridized carbons (Fsp3) is 1.00. The van der Waals surface area contributed by atoms with Gasteiger partial charge in [-0.1, -0.05) is 34.1 Å². The van der Waals surface area contributed by atoms with Gasteiger partial charge in [-0.3, -0.25) is 0 Å². The van der Waals surface area contributed by atoms with Gasteiger partial charge in [-0.15, -0.1) is 0 Å². The Morgan fingerprint density at radius 1 is 1.00 bits per heavy atom. The molecule has 0 N–H and O–H groups in total. The first-order valence-corrected chi connectivity index (χ1v) is 7.16. The van der Waals surface area contributed by atoms with Gasteiger partial charge in [0.1, 0.15) is 0 Å². The van der Waals surface area contributed by atoms with Gasteiger partial charge in [-0.25, -0.2) is 0 Å². The molecule has 94 valence electrons. The van der Waals surface area contributed by atoms with Gasteiger partial charge in [-0.05, 0) is 55.5 Å². The first kappa shape index (κ1) is 12.4. The van der Waals surface area contributed by atoms with Crippen LogP contribution < -0.4 is 0 Å². The highest BCUT2D eigenvalue weighted by atomic mass is 15.1. The number of nitrogens with zero attached hydrogens (tertiary/aromatic N) is 1. The molecule has 1 atom stereocenters. The molecule has 0 aromatic carbocycles. The Kier molecular flexibility index (Phi) is 3.36. The van der Waals surface area contributed by atoms with Crippen LogP contribution in [-0.2, 0) is 0 Å². The molecule has 1 saturated carbocycles. The standard InChI is InChI=1S/C15H29N/c1-14(2)9-7-8-13(15(14,3)4)12-16-10-5-6-11-16/h13H,5-12H2,1-4H3/t13-/m0/s1. The van der Waals surface area contributed by atoms with E-state index in [9.17, 15) is 0 Å². The summed E-state index contributed by atoms with van der Waals surface area (Å²) in [5, 5.41) is 0. The van der Waals surface area contributed by atoms with Crippen molar-refractivity contribution in [2.45, 2.75) is 59.8 Å². The Balaban J connectivity index is 2.02. The quantitative estimate of drug-likeness (QED) is 0.685. The minimum Gasteiger partial charge on any atom is -0.303 e. The van der Waals surface area contributed by atoms with Crippen molar-refractivity contribution in [3.05, 3.63) is 0 Å². The van der Waals surface area contributed by atoms with Gasteiger partial charge in [0.05, 0.1) is 0 Å². The highest BCUT2D eigenvalue weighted by Crippen LogP contribution is 2.53. The van der Waals surface area contributed by atoms with E-state index >= 15 is 0 Å².